The smallest absolute Gasteiger partial charge is 0.264 e. The molecule has 0 atom stereocenters. The summed E-state index contributed by atoms with van der Waals surface area (Å²) in [6.45, 7) is 2.36. The van der Waals surface area contributed by atoms with Crippen LogP contribution in [0.25, 0.3) is 0 Å². The molecule has 1 N–H and O–H groups in total. The molecule has 20 heavy (non-hydrogen) atoms. The van der Waals surface area contributed by atoms with Crippen LogP contribution in [0.15, 0.2) is 47.5 Å². The molecule has 2 aromatic rings. The maximum Gasteiger partial charge on any atom is 0.264 e. The third-order valence-corrected chi connectivity index (χ3v) is 4.24. The van der Waals surface area contributed by atoms with E-state index in [1.165, 1.54) is 18.3 Å². The van der Waals surface area contributed by atoms with E-state index in [9.17, 15) is 8.42 Å². The van der Waals surface area contributed by atoms with Crippen LogP contribution in [-0.2, 0) is 10.0 Å². The number of benzene rings is 1. The summed E-state index contributed by atoms with van der Waals surface area (Å²) in [5, 5.41) is -0.0686. The Balaban J connectivity index is 2.29. The minimum absolute atomic E-state index is 0.0662. The van der Waals surface area contributed by atoms with E-state index in [-0.39, 0.29) is 10.0 Å². The molecule has 0 amide bonds. The first-order valence-electron chi connectivity index (χ1n) is 5.89. The lowest BCUT2D eigenvalue weighted by Gasteiger charge is -2.10. The lowest BCUT2D eigenvalue weighted by molar-refractivity contribution is 0.340. The van der Waals surface area contributed by atoms with E-state index in [4.69, 9.17) is 16.3 Å². The fourth-order valence-electron chi connectivity index (χ4n) is 1.60. The Labute approximate surface area is 122 Å². The third-order valence-electron chi connectivity index (χ3n) is 2.41. The van der Waals surface area contributed by atoms with Gasteiger partial charge in [-0.2, -0.15) is 0 Å². The second kappa shape index (κ2) is 6.11. The molecule has 0 saturated heterocycles. The number of aromatic nitrogens is 1. The van der Waals surface area contributed by atoms with Gasteiger partial charge < -0.3 is 4.74 Å². The number of anilines is 1. The van der Waals surface area contributed by atoms with E-state index in [1.807, 2.05) is 6.92 Å². The number of sulfonamides is 1. The van der Waals surface area contributed by atoms with Gasteiger partial charge in [0.05, 0.1) is 12.3 Å². The zero-order valence-electron chi connectivity index (χ0n) is 10.7. The molecular formula is C13H13ClN2O3S. The minimum Gasteiger partial charge on any atom is -0.494 e. The van der Waals surface area contributed by atoms with Crippen LogP contribution in [0.4, 0.5) is 5.69 Å². The number of hydrogen-bond acceptors (Lipinski definition) is 4. The summed E-state index contributed by atoms with van der Waals surface area (Å²) < 4.78 is 32.2. The average Bonchev–Trinajstić information content (AvgIpc) is 2.39. The normalized spacial score (nSPS) is 11.1. The van der Waals surface area contributed by atoms with Crippen LogP contribution in [0.3, 0.4) is 0 Å². The molecule has 0 fully saturated rings. The highest BCUT2D eigenvalue weighted by Gasteiger charge is 2.18. The van der Waals surface area contributed by atoms with Crippen LogP contribution in [0.5, 0.6) is 5.75 Å². The molecule has 0 spiro atoms. The van der Waals surface area contributed by atoms with Gasteiger partial charge in [-0.25, -0.2) is 13.4 Å². The highest BCUT2D eigenvalue weighted by atomic mass is 35.5. The van der Waals surface area contributed by atoms with Gasteiger partial charge in [-0.15, -0.1) is 0 Å². The minimum atomic E-state index is -3.78. The number of nitrogens with one attached hydrogen (secondary N) is 1. The summed E-state index contributed by atoms with van der Waals surface area (Å²) in [6.07, 6.45) is 1.43. The largest absolute Gasteiger partial charge is 0.494 e. The van der Waals surface area contributed by atoms with Crippen LogP contribution in [0, 0.1) is 0 Å². The summed E-state index contributed by atoms with van der Waals surface area (Å²) in [5.41, 5.74) is 0.399. The molecule has 1 heterocycles. The fraction of sp³-hybridized carbons (Fsp3) is 0.154. The maximum atomic E-state index is 12.2. The van der Waals surface area contributed by atoms with Gasteiger partial charge in [0, 0.05) is 12.3 Å². The first-order valence-corrected chi connectivity index (χ1v) is 7.75. The SMILES string of the molecule is CCOc1cccc(NS(=O)(=O)c2cccnc2Cl)c1. The topological polar surface area (TPSA) is 68.3 Å². The van der Waals surface area contributed by atoms with Crippen LogP contribution in [0.1, 0.15) is 6.92 Å². The zero-order chi connectivity index (χ0) is 14.6. The molecule has 0 aliphatic carbocycles. The Morgan fingerprint density at radius 3 is 2.80 bits per heavy atom. The van der Waals surface area contributed by atoms with Crippen molar-refractivity contribution in [1.29, 1.82) is 0 Å². The second-order valence-electron chi connectivity index (χ2n) is 3.86. The van der Waals surface area contributed by atoms with Gasteiger partial charge in [0.1, 0.15) is 15.8 Å². The Hall–Kier alpha value is -1.79. The standard InChI is InChI=1S/C13H13ClN2O3S/c1-2-19-11-6-3-5-10(9-11)16-20(17,18)12-7-4-8-15-13(12)14/h3-9,16H,2H2,1H3. The monoisotopic (exact) mass is 312 g/mol. The molecule has 0 aliphatic rings. The molecule has 5 nitrogen and oxygen atoms in total. The van der Waals surface area contributed by atoms with Gasteiger partial charge in [-0.1, -0.05) is 17.7 Å². The van der Waals surface area contributed by atoms with Gasteiger partial charge in [0.15, 0.2) is 0 Å². The summed E-state index contributed by atoms with van der Waals surface area (Å²) in [6, 6.07) is 9.59. The van der Waals surface area contributed by atoms with Crippen molar-refractivity contribution in [2.75, 3.05) is 11.3 Å². The molecule has 0 radical (unpaired) electrons. The van der Waals surface area contributed by atoms with Crippen molar-refractivity contribution in [3.8, 4) is 5.75 Å². The lowest BCUT2D eigenvalue weighted by Crippen LogP contribution is -2.13. The molecule has 0 bridgehead atoms. The lowest BCUT2D eigenvalue weighted by atomic mass is 10.3. The highest BCUT2D eigenvalue weighted by Crippen LogP contribution is 2.23. The quantitative estimate of drug-likeness (QED) is 0.862. The van der Waals surface area contributed by atoms with Crippen LogP contribution in [0.2, 0.25) is 5.15 Å². The first-order chi connectivity index (χ1) is 9.53. The Morgan fingerprint density at radius 1 is 1.30 bits per heavy atom. The summed E-state index contributed by atoms with van der Waals surface area (Å²) in [4.78, 5) is 3.69. The average molecular weight is 313 g/mol. The zero-order valence-corrected chi connectivity index (χ0v) is 12.3. The molecule has 0 saturated carbocycles. The molecule has 1 aromatic heterocycles. The Bertz CT molecular complexity index is 704. The van der Waals surface area contributed by atoms with Crippen LogP contribution >= 0.6 is 11.6 Å². The third kappa shape index (κ3) is 3.40. The van der Waals surface area contributed by atoms with E-state index in [1.54, 1.807) is 24.3 Å². The fourth-order valence-corrected chi connectivity index (χ4v) is 3.10. The second-order valence-corrected chi connectivity index (χ2v) is 5.87. The maximum absolute atomic E-state index is 12.2. The molecule has 106 valence electrons. The molecule has 0 unspecified atom stereocenters. The van der Waals surface area contributed by atoms with Crippen molar-refractivity contribution < 1.29 is 13.2 Å². The van der Waals surface area contributed by atoms with Crippen molar-refractivity contribution >= 4 is 27.3 Å². The Kier molecular flexibility index (Phi) is 4.46. The van der Waals surface area contributed by atoms with Crippen molar-refractivity contribution in [3.63, 3.8) is 0 Å². The molecular weight excluding hydrogens is 300 g/mol. The van der Waals surface area contributed by atoms with Crippen molar-refractivity contribution in [2.24, 2.45) is 0 Å². The van der Waals surface area contributed by atoms with Gasteiger partial charge in [-0.3, -0.25) is 4.72 Å². The van der Waals surface area contributed by atoms with Crippen molar-refractivity contribution in [2.45, 2.75) is 11.8 Å². The molecule has 2 rings (SSSR count). The molecule has 0 aliphatic heterocycles. The van der Waals surface area contributed by atoms with E-state index < -0.39 is 10.0 Å². The van der Waals surface area contributed by atoms with Crippen LogP contribution in [-0.4, -0.2) is 20.0 Å². The van der Waals surface area contributed by atoms with E-state index in [0.717, 1.165) is 0 Å². The summed E-state index contributed by atoms with van der Waals surface area (Å²) >= 11 is 5.80. The predicted octanol–water partition coefficient (Wildman–Crippen LogP) is 2.93. The number of pyridine rings is 1. The van der Waals surface area contributed by atoms with Crippen molar-refractivity contribution in [1.82, 2.24) is 4.98 Å². The first kappa shape index (κ1) is 14.6. The number of ether oxygens (including phenoxy) is 1. The van der Waals surface area contributed by atoms with E-state index in [2.05, 4.69) is 9.71 Å². The van der Waals surface area contributed by atoms with Gasteiger partial charge >= 0.3 is 0 Å². The molecule has 1 aromatic carbocycles. The van der Waals surface area contributed by atoms with Gasteiger partial charge in [-0.05, 0) is 31.2 Å². The van der Waals surface area contributed by atoms with Crippen molar-refractivity contribution in [3.05, 3.63) is 47.7 Å². The van der Waals surface area contributed by atoms with E-state index >= 15 is 0 Å². The predicted molar refractivity (Wildman–Crippen MR) is 77.7 cm³/mol. The Morgan fingerprint density at radius 2 is 2.10 bits per heavy atom. The summed E-state index contributed by atoms with van der Waals surface area (Å²) in [7, 11) is -3.78. The number of nitrogens with zero attached hydrogens (tertiary/aromatic N) is 1. The van der Waals surface area contributed by atoms with Gasteiger partial charge in [0.2, 0.25) is 0 Å². The highest BCUT2D eigenvalue weighted by molar-refractivity contribution is 7.92. The van der Waals surface area contributed by atoms with Gasteiger partial charge in [0.25, 0.3) is 10.0 Å². The molecule has 7 heteroatoms. The van der Waals surface area contributed by atoms with E-state index in [0.29, 0.717) is 18.0 Å². The number of hydrogen-bond donors (Lipinski definition) is 1. The number of halogens is 1. The van der Waals surface area contributed by atoms with Crippen LogP contribution < -0.4 is 9.46 Å². The summed E-state index contributed by atoms with van der Waals surface area (Å²) in [5.74, 6) is 0.588. The number of rotatable bonds is 5.